The molecule has 3 N–H and O–H groups in total. The van der Waals surface area contributed by atoms with Crippen LogP contribution < -0.4 is 20.9 Å². The number of para-hydroxylation sites is 1. The lowest BCUT2D eigenvalue weighted by Gasteiger charge is -2.30. The number of methoxy groups -OCH3 is 1. The van der Waals surface area contributed by atoms with E-state index in [4.69, 9.17) is 9.72 Å². The molecule has 2 aromatic rings. The maximum absolute atomic E-state index is 12.4. The van der Waals surface area contributed by atoms with Crippen LogP contribution in [0.15, 0.2) is 24.3 Å². The van der Waals surface area contributed by atoms with Gasteiger partial charge in [-0.1, -0.05) is 12.1 Å². The third kappa shape index (κ3) is 6.86. The van der Waals surface area contributed by atoms with E-state index in [1.165, 1.54) is 7.11 Å². The highest BCUT2D eigenvalue weighted by atomic mass is 32.2. The number of esters is 1. The van der Waals surface area contributed by atoms with Crippen LogP contribution in [-0.4, -0.2) is 73.3 Å². The fourth-order valence-electron chi connectivity index (χ4n) is 4.04. The van der Waals surface area contributed by atoms with Crippen molar-refractivity contribution in [2.75, 3.05) is 43.4 Å². The van der Waals surface area contributed by atoms with Crippen molar-refractivity contribution in [1.82, 2.24) is 20.6 Å². The molecule has 1 aliphatic rings. The topological polar surface area (TPSA) is 108 Å². The van der Waals surface area contributed by atoms with Crippen LogP contribution >= 0.6 is 11.8 Å². The summed E-state index contributed by atoms with van der Waals surface area (Å²) in [6, 6.07) is 7.35. The largest absolute Gasteiger partial charge is 0.467 e. The second kappa shape index (κ2) is 11.9. The van der Waals surface area contributed by atoms with E-state index < -0.39 is 12.0 Å². The quantitative estimate of drug-likeness (QED) is 0.476. The summed E-state index contributed by atoms with van der Waals surface area (Å²) in [7, 11) is 5.29. The van der Waals surface area contributed by atoms with Crippen molar-refractivity contribution in [2.45, 2.75) is 50.2 Å². The van der Waals surface area contributed by atoms with E-state index in [1.54, 1.807) is 11.8 Å². The SMILES string of the molecule is COC(=O)[C@H](CCSC)NC(=O)NC1CCC(Nc2nc(N(C)C)c3ccccc3n2)CC1. The second-order valence-corrected chi connectivity index (χ2v) is 9.44. The number of urea groups is 1. The smallest absolute Gasteiger partial charge is 0.328 e. The van der Waals surface area contributed by atoms with Gasteiger partial charge < -0.3 is 25.6 Å². The molecule has 1 atom stereocenters. The summed E-state index contributed by atoms with van der Waals surface area (Å²) in [5.41, 5.74) is 0.910. The molecule has 0 radical (unpaired) electrons. The van der Waals surface area contributed by atoms with E-state index in [0.29, 0.717) is 12.4 Å². The molecule has 10 heteroatoms. The molecule has 1 aliphatic carbocycles. The van der Waals surface area contributed by atoms with E-state index in [2.05, 4.69) is 20.9 Å². The number of anilines is 2. The first-order chi connectivity index (χ1) is 15.9. The second-order valence-electron chi connectivity index (χ2n) is 8.45. The van der Waals surface area contributed by atoms with Gasteiger partial charge in [-0.3, -0.25) is 0 Å². The minimum absolute atomic E-state index is 0.0664. The molecular weight excluding hydrogens is 440 g/mol. The summed E-state index contributed by atoms with van der Waals surface area (Å²) in [5.74, 6) is 1.86. The summed E-state index contributed by atoms with van der Waals surface area (Å²) in [6.07, 6.45) is 5.97. The van der Waals surface area contributed by atoms with Crippen LogP contribution in [0.5, 0.6) is 0 Å². The van der Waals surface area contributed by atoms with Gasteiger partial charge >= 0.3 is 12.0 Å². The maximum atomic E-state index is 12.4. The molecule has 0 spiro atoms. The first-order valence-electron chi connectivity index (χ1n) is 11.3. The van der Waals surface area contributed by atoms with Crippen LogP contribution in [-0.2, 0) is 9.53 Å². The van der Waals surface area contributed by atoms with Gasteiger partial charge in [0.1, 0.15) is 11.9 Å². The van der Waals surface area contributed by atoms with E-state index in [0.717, 1.165) is 48.2 Å². The molecule has 0 bridgehead atoms. The molecule has 1 aromatic heterocycles. The maximum Gasteiger partial charge on any atom is 0.328 e. The lowest BCUT2D eigenvalue weighted by molar-refractivity contribution is -0.142. The first kappa shape index (κ1) is 24.9. The van der Waals surface area contributed by atoms with Crippen molar-refractivity contribution in [3.63, 3.8) is 0 Å². The van der Waals surface area contributed by atoms with E-state index in [-0.39, 0.29) is 18.1 Å². The number of rotatable bonds is 9. The number of nitrogens with zero attached hydrogens (tertiary/aromatic N) is 3. The molecule has 0 aliphatic heterocycles. The summed E-state index contributed by atoms with van der Waals surface area (Å²) >= 11 is 1.62. The van der Waals surface area contributed by atoms with Crippen molar-refractivity contribution in [1.29, 1.82) is 0 Å². The summed E-state index contributed by atoms with van der Waals surface area (Å²) in [4.78, 5) is 35.7. The van der Waals surface area contributed by atoms with Crippen molar-refractivity contribution < 1.29 is 14.3 Å². The van der Waals surface area contributed by atoms with Crippen LogP contribution in [0.4, 0.5) is 16.6 Å². The zero-order chi connectivity index (χ0) is 23.8. The molecule has 1 fully saturated rings. The Balaban J connectivity index is 1.53. The Kier molecular flexibility index (Phi) is 8.99. The van der Waals surface area contributed by atoms with Crippen molar-refractivity contribution in [2.24, 2.45) is 0 Å². The molecule has 1 heterocycles. The number of hydrogen-bond acceptors (Lipinski definition) is 8. The average Bonchev–Trinajstić information content (AvgIpc) is 2.81. The number of ether oxygens (including phenoxy) is 1. The predicted octanol–water partition coefficient (Wildman–Crippen LogP) is 3.01. The highest BCUT2D eigenvalue weighted by Crippen LogP contribution is 2.26. The van der Waals surface area contributed by atoms with Crippen LogP contribution in [0, 0.1) is 0 Å². The molecule has 2 amide bonds. The van der Waals surface area contributed by atoms with Gasteiger partial charge in [-0.15, -0.1) is 0 Å². The number of aromatic nitrogens is 2. The molecular formula is C23H34N6O3S. The first-order valence-corrected chi connectivity index (χ1v) is 12.6. The lowest BCUT2D eigenvalue weighted by atomic mass is 9.91. The van der Waals surface area contributed by atoms with Gasteiger partial charge in [0.2, 0.25) is 5.95 Å². The van der Waals surface area contributed by atoms with Crippen molar-refractivity contribution in [3.05, 3.63) is 24.3 Å². The van der Waals surface area contributed by atoms with Crippen LogP contribution in [0.25, 0.3) is 10.9 Å². The summed E-state index contributed by atoms with van der Waals surface area (Å²) in [5, 5.41) is 10.3. The number of carbonyl (C=O) groups is 2. The number of hydrogen-bond donors (Lipinski definition) is 3. The number of nitrogens with one attached hydrogen (secondary N) is 3. The van der Waals surface area contributed by atoms with Gasteiger partial charge in [0.15, 0.2) is 0 Å². The molecule has 1 aromatic carbocycles. The summed E-state index contributed by atoms with van der Waals surface area (Å²) in [6.45, 7) is 0. The summed E-state index contributed by atoms with van der Waals surface area (Å²) < 4.78 is 4.81. The fourth-order valence-corrected chi connectivity index (χ4v) is 4.51. The molecule has 0 saturated heterocycles. The third-order valence-electron chi connectivity index (χ3n) is 5.80. The Labute approximate surface area is 199 Å². The standard InChI is InChI=1S/C23H34N6O3S/c1-29(2)20-17-7-5-6-8-18(17)26-22(28-20)24-15-9-11-16(12-10-15)25-23(31)27-19(13-14-33-4)21(30)32-3/h5-8,15-16,19H,9-14H2,1-4H3,(H,24,26,28)(H2,25,27,31)/t15?,16?,19-/m0/s1. The number of amides is 2. The van der Waals surface area contributed by atoms with E-state index >= 15 is 0 Å². The highest BCUT2D eigenvalue weighted by Gasteiger charge is 2.26. The lowest BCUT2D eigenvalue weighted by Crippen LogP contribution is -2.50. The third-order valence-corrected chi connectivity index (χ3v) is 6.45. The Bertz CT molecular complexity index is 949. The minimum atomic E-state index is -0.628. The number of benzene rings is 1. The molecule has 180 valence electrons. The normalized spacial score (nSPS) is 18.9. The average molecular weight is 475 g/mol. The number of fused-ring (bicyclic) bond motifs is 1. The number of carbonyl (C=O) groups excluding carboxylic acids is 2. The van der Waals surface area contributed by atoms with Crippen LogP contribution in [0.3, 0.4) is 0 Å². The van der Waals surface area contributed by atoms with Gasteiger partial charge in [-0.2, -0.15) is 16.7 Å². The van der Waals surface area contributed by atoms with Crippen LogP contribution in [0.2, 0.25) is 0 Å². The van der Waals surface area contributed by atoms with Gasteiger partial charge in [-0.05, 0) is 56.2 Å². The van der Waals surface area contributed by atoms with Gasteiger partial charge in [0, 0.05) is 31.6 Å². The van der Waals surface area contributed by atoms with Crippen molar-refractivity contribution >= 4 is 46.4 Å². The number of thioether (sulfide) groups is 1. The molecule has 33 heavy (non-hydrogen) atoms. The highest BCUT2D eigenvalue weighted by molar-refractivity contribution is 7.98. The fraction of sp³-hybridized carbons (Fsp3) is 0.565. The monoisotopic (exact) mass is 474 g/mol. The Morgan fingerprint density at radius 2 is 1.85 bits per heavy atom. The Hall–Kier alpha value is -2.75. The zero-order valence-corrected chi connectivity index (χ0v) is 20.6. The molecule has 3 rings (SSSR count). The molecule has 9 nitrogen and oxygen atoms in total. The predicted molar refractivity (Wildman–Crippen MR) is 134 cm³/mol. The van der Waals surface area contributed by atoms with Gasteiger partial charge in [0.25, 0.3) is 0 Å². The Morgan fingerprint density at radius 1 is 1.15 bits per heavy atom. The zero-order valence-electron chi connectivity index (χ0n) is 19.8. The molecule has 1 saturated carbocycles. The van der Waals surface area contributed by atoms with E-state index in [9.17, 15) is 9.59 Å². The van der Waals surface area contributed by atoms with Gasteiger partial charge in [-0.25, -0.2) is 14.6 Å². The van der Waals surface area contributed by atoms with Crippen LogP contribution in [0.1, 0.15) is 32.1 Å². The van der Waals surface area contributed by atoms with E-state index in [1.807, 2.05) is 49.5 Å². The van der Waals surface area contributed by atoms with Gasteiger partial charge in [0.05, 0.1) is 12.6 Å². The molecule has 0 unspecified atom stereocenters. The minimum Gasteiger partial charge on any atom is -0.467 e. The van der Waals surface area contributed by atoms with Crippen molar-refractivity contribution in [3.8, 4) is 0 Å². The Morgan fingerprint density at radius 3 is 2.52 bits per heavy atom.